The largest absolute Gasteiger partial charge is 0.457 e. The maximum absolute atomic E-state index is 9.97. The van der Waals surface area contributed by atoms with Gasteiger partial charge in [0, 0.05) is 45.8 Å². The Kier molecular flexibility index (Phi) is 7.03. The van der Waals surface area contributed by atoms with Gasteiger partial charge in [0.15, 0.2) is 0 Å². The van der Waals surface area contributed by atoms with Gasteiger partial charge in [0.1, 0.15) is 11.5 Å². The van der Waals surface area contributed by atoms with E-state index < -0.39 is 5.41 Å². The van der Waals surface area contributed by atoms with Crippen LogP contribution in [0.25, 0.3) is 61.1 Å². The smallest absolute Gasteiger partial charge is 0.132 e. The normalized spacial score (nSPS) is 14.5. The van der Waals surface area contributed by atoms with Crippen LogP contribution in [0.2, 0.25) is 0 Å². The topological polar surface area (TPSA) is 87.5 Å². The fourth-order valence-corrected chi connectivity index (χ4v) is 10.8. The van der Waals surface area contributed by atoms with Crippen LogP contribution in [0, 0.1) is 22.7 Å². The van der Waals surface area contributed by atoms with Crippen molar-refractivity contribution < 1.29 is 4.74 Å². The van der Waals surface area contributed by atoms with E-state index in [1.54, 1.807) is 0 Å². The molecule has 286 valence electrons. The summed E-state index contributed by atoms with van der Waals surface area (Å²) < 4.78 is 9.17. The Balaban J connectivity index is 1.12. The summed E-state index contributed by atoms with van der Waals surface area (Å²) in [7, 11) is 0. The number of rotatable bonds is 3. The van der Waals surface area contributed by atoms with Crippen LogP contribution in [0.5, 0.6) is 11.5 Å². The minimum absolute atomic E-state index is 0.0528. The van der Waals surface area contributed by atoms with Crippen molar-refractivity contribution in [1.82, 2.24) is 14.5 Å². The van der Waals surface area contributed by atoms with Gasteiger partial charge in [-0.3, -0.25) is 9.97 Å². The van der Waals surface area contributed by atoms with Gasteiger partial charge in [0.25, 0.3) is 0 Å². The monoisotopic (exact) mass is 789 g/mol. The van der Waals surface area contributed by atoms with Crippen molar-refractivity contribution >= 4 is 21.8 Å². The number of ether oxygens (including phenoxy) is 1. The second-order valence-corrected chi connectivity index (χ2v) is 16.3. The van der Waals surface area contributed by atoms with E-state index >= 15 is 0 Å². The Morgan fingerprint density at radius 1 is 0.500 bits per heavy atom. The molecule has 1 aliphatic heterocycles. The summed E-state index contributed by atoms with van der Waals surface area (Å²) in [6.07, 6.45) is 3.70. The van der Waals surface area contributed by atoms with E-state index in [1.807, 2.05) is 54.9 Å². The van der Waals surface area contributed by atoms with E-state index in [2.05, 4.69) is 144 Å². The van der Waals surface area contributed by atoms with Gasteiger partial charge in [-0.15, -0.1) is 0 Å². The first kappa shape index (κ1) is 34.3. The first-order chi connectivity index (χ1) is 30.6. The van der Waals surface area contributed by atoms with E-state index in [0.717, 1.165) is 100 Å². The van der Waals surface area contributed by atoms with Crippen molar-refractivity contribution in [1.29, 1.82) is 10.5 Å². The molecule has 6 nitrogen and oxygen atoms in total. The van der Waals surface area contributed by atoms with E-state index in [0.29, 0.717) is 11.1 Å². The van der Waals surface area contributed by atoms with Crippen LogP contribution in [0.15, 0.2) is 182 Å². The van der Waals surface area contributed by atoms with E-state index in [4.69, 9.17) is 14.7 Å². The Morgan fingerprint density at radius 2 is 1.18 bits per heavy atom. The Hall–Kier alpha value is -8.58. The predicted octanol–water partition coefficient (Wildman–Crippen LogP) is 12.6. The average Bonchev–Trinajstić information content (AvgIpc) is 3.95. The highest BCUT2D eigenvalue weighted by Crippen LogP contribution is 2.62. The van der Waals surface area contributed by atoms with Gasteiger partial charge >= 0.3 is 0 Å². The average molecular weight is 790 g/mol. The fraction of sp³-hybridized carbons (Fsp3) is 0.0357. The number of nitrogens with zero attached hydrogens (tertiary/aromatic N) is 5. The SMILES string of the molecule is N#Cc1ccc2c(c1)-c1ccccc1C2c1ccc(-n2c3ccccc3c3cc(C#N)ccc32)c(-c2ccc3c(c2)C2(c4ccccc4O3)c3cccnc3-c3ncccc32)c1. The Bertz CT molecular complexity index is 3630. The highest BCUT2D eigenvalue weighted by molar-refractivity contribution is 6.10. The van der Waals surface area contributed by atoms with Gasteiger partial charge < -0.3 is 9.30 Å². The molecule has 2 aliphatic carbocycles. The second-order valence-electron chi connectivity index (χ2n) is 16.3. The molecule has 0 fully saturated rings. The number of nitriles is 2. The first-order valence-electron chi connectivity index (χ1n) is 20.7. The van der Waals surface area contributed by atoms with Crippen LogP contribution in [0.4, 0.5) is 0 Å². The van der Waals surface area contributed by atoms with Crippen LogP contribution < -0.4 is 4.74 Å². The molecule has 4 heterocycles. The molecule has 13 rings (SSSR count). The summed E-state index contributed by atoms with van der Waals surface area (Å²) in [5.74, 6) is 1.54. The third kappa shape index (κ3) is 4.50. The lowest BCUT2D eigenvalue weighted by Gasteiger charge is -2.39. The number of para-hydroxylation sites is 2. The zero-order valence-corrected chi connectivity index (χ0v) is 33.0. The lowest BCUT2D eigenvalue weighted by Crippen LogP contribution is -2.32. The van der Waals surface area contributed by atoms with Crippen molar-refractivity contribution in [3.05, 3.63) is 232 Å². The molecule has 7 aromatic carbocycles. The molecule has 0 N–H and O–H groups in total. The van der Waals surface area contributed by atoms with Gasteiger partial charge in [0.05, 0.1) is 56.8 Å². The molecule has 0 amide bonds. The zero-order valence-electron chi connectivity index (χ0n) is 33.0. The van der Waals surface area contributed by atoms with E-state index in [1.165, 1.54) is 11.1 Å². The molecular weight excluding hydrogens is 759 g/mol. The van der Waals surface area contributed by atoms with Crippen LogP contribution >= 0.6 is 0 Å². The molecule has 3 aliphatic rings. The minimum Gasteiger partial charge on any atom is -0.457 e. The molecule has 6 heteroatoms. The Labute approximate surface area is 356 Å². The summed E-state index contributed by atoms with van der Waals surface area (Å²) in [6, 6.07) is 64.0. The van der Waals surface area contributed by atoms with Crippen LogP contribution in [0.3, 0.4) is 0 Å². The molecule has 3 aromatic heterocycles. The summed E-state index contributed by atoms with van der Waals surface area (Å²) in [4.78, 5) is 9.91. The van der Waals surface area contributed by atoms with Crippen LogP contribution in [-0.2, 0) is 5.41 Å². The zero-order chi connectivity index (χ0) is 41.1. The van der Waals surface area contributed by atoms with E-state index in [-0.39, 0.29) is 5.92 Å². The van der Waals surface area contributed by atoms with Crippen LogP contribution in [0.1, 0.15) is 56.0 Å². The summed E-state index contributed by atoms with van der Waals surface area (Å²) in [5.41, 5.74) is 17.4. The number of fused-ring (bicyclic) bond motifs is 15. The van der Waals surface area contributed by atoms with E-state index in [9.17, 15) is 10.5 Å². The number of hydrogen-bond acceptors (Lipinski definition) is 5. The van der Waals surface area contributed by atoms with Crippen molar-refractivity contribution in [2.45, 2.75) is 11.3 Å². The van der Waals surface area contributed by atoms with Gasteiger partial charge in [0.2, 0.25) is 0 Å². The lowest BCUT2D eigenvalue weighted by atomic mass is 9.66. The Morgan fingerprint density at radius 3 is 2.02 bits per heavy atom. The molecule has 1 spiro atoms. The van der Waals surface area contributed by atoms with Gasteiger partial charge in [-0.1, -0.05) is 91.0 Å². The minimum atomic E-state index is -0.743. The van der Waals surface area contributed by atoms with Crippen molar-refractivity contribution in [2.75, 3.05) is 0 Å². The fourth-order valence-electron chi connectivity index (χ4n) is 10.8. The lowest BCUT2D eigenvalue weighted by molar-refractivity contribution is 0.436. The van der Waals surface area contributed by atoms with Gasteiger partial charge in [-0.05, 0) is 123 Å². The highest BCUT2D eigenvalue weighted by Gasteiger charge is 2.52. The number of hydrogen-bond donors (Lipinski definition) is 0. The summed E-state index contributed by atoms with van der Waals surface area (Å²) >= 11 is 0. The number of benzene rings is 7. The first-order valence-corrected chi connectivity index (χ1v) is 20.7. The molecule has 10 aromatic rings. The molecule has 1 atom stereocenters. The third-order valence-corrected chi connectivity index (χ3v) is 13.3. The second kappa shape index (κ2) is 12.7. The molecule has 1 unspecified atom stereocenters. The number of pyridine rings is 2. The molecular formula is C56H31N5O. The van der Waals surface area contributed by atoms with Gasteiger partial charge in [-0.25, -0.2) is 0 Å². The maximum atomic E-state index is 9.97. The highest BCUT2D eigenvalue weighted by atomic mass is 16.5. The molecule has 0 saturated carbocycles. The number of aromatic nitrogens is 3. The van der Waals surface area contributed by atoms with Crippen molar-refractivity contribution in [3.63, 3.8) is 0 Å². The van der Waals surface area contributed by atoms with Crippen molar-refractivity contribution in [2.24, 2.45) is 0 Å². The quantitative estimate of drug-likeness (QED) is 0.178. The summed E-state index contributed by atoms with van der Waals surface area (Å²) in [5, 5.41) is 22.0. The molecule has 62 heavy (non-hydrogen) atoms. The molecule has 0 radical (unpaired) electrons. The standard InChI is InChI=1S/C56H31N5O/c57-31-33-17-21-40-42(27-33)37-9-1-2-11-39(37)53(40)36-19-23-49(61-48-15-5-3-10-38(48)43-28-34(32-58)18-22-50(43)61)41(29-36)35-20-24-52-47(30-35)56(44-12-4-6-16-51(44)62-52)45-13-7-25-59-54(45)55-46(56)14-8-26-60-55/h1-30,53H. The maximum Gasteiger partial charge on any atom is 0.132 e. The van der Waals surface area contributed by atoms with Gasteiger partial charge in [-0.2, -0.15) is 10.5 Å². The third-order valence-electron chi connectivity index (χ3n) is 13.3. The molecule has 0 saturated heterocycles. The van der Waals surface area contributed by atoms with Crippen molar-refractivity contribution in [3.8, 4) is 63.0 Å². The summed E-state index contributed by atoms with van der Waals surface area (Å²) in [6.45, 7) is 0. The van der Waals surface area contributed by atoms with Crippen LogP contribution in [-0.4, -0.2) is 14.5 Å². The molecule has 0 bridgehead atoms. The predicted molar refractivity (Wildman–Crippen MR) is 241 cm³/mol.